The van der Waals surface area contributed by atoms with Gasteiger partial charge in [-0.05, 0) is 70.2 Å². The summed E-state index contributed by atoms with van der Waals surface area (Å²) < 4.78 is 0.951. The SMILES string of the molecule is C[C@H]1[C@H](NC(=O)c2cc3sc(C(=O)N4CCCCC4)cc3cn2)C2CCN1CC2. The lowest BCUT2D eigenvalue weighted by Gasteiger charge is -2.49. The largest absolute Gasteiger partial charge is 0.346 e. The predicted molar refractivity (Wildman–Crippen MR) is 114 cm³/mol. The van der Waals surface area contributed by atoms with Crippen molar-refractivity contribution in [2.75, 3.05) is 26.2 Å². The highest BCUT2D eigenvalue weighted by atomic mass is 32.1. The van der Waals surface area contributed by atoms with E-state index in [1.807, 2.05) is 17.0 Å². The van der Waals surface area contributed by atoms with Crippen LogP contribution in [0.2, 0.25) is 0 Å². The first-order valence-corrected chi connectivity index (χ1v) is 11.7. The van der Waals surface area contributed by atoms with Gasteiger partial charge in [0.1, 0.15) is 5.69 Å². The standard InChI is InChI=1S/C22H28N4O2S/c1-14-20(15-5-9-25(14)10-6-15)24-21(27)17-12-18-16(13-23-17)11-19(29-18)22(28)26-7-3-2-4-8-26/h11-15,20H,2-10H2,1H3,(H,24,27)/t14-,20-/m0/s1. The maximum absolute atomic E-state index is 12.9. The third kappa shape index (κ3) is 3.55. The first-order valence-electron chi connectivity index (χ1n) is 10.8. The topological polar surface area (TPSA) is 65.5 Å². The molecule has 4 aliphatic rings. The first-order chi connectivity index (χ1) is 14.1. The smallest absolute Gasteiger partial charge is 0.270 e. The van der Waals surface area contributed by atoms with E-state index in [0.717, 1.165) is 66.8 Å². The number of amides is 2. The van der Waals surface area contributed by atoms with E-state index in [0.29, 0.717) is 17.7 Å². The molecule has 6 rings (SSSR count). The third-order valence-electron chi connectivity index (χ3n) is 6.96. The van der Waals surface area contributed by atoms with Gasteiger partial charge < -0.3 is 10.2 Å². The van der Waals surface area contributed by atoms with Crippen LogP contribution in [-0.4, -0.2) is 64.9 Å². The van der Waals surface area contributed by atoms with E-state index in [4.69, 9.17) is 0 Å². The molecule has 0 unspecified atom stereocenters. The molecule has 4 fully saturated rings. The fourth-order valence-corrected chi connectivity index (χ4v) is 6.23. The van der Waals surface area contributed by atoms with Crippen molar-refractivity contribution in [1.82, 2.24) is 20.1 Å². The number of piperidine rings is 4. The molecule has 2 aromatic heterocycles. The average molecular weight is 413 g/mol. The molecule has 2 atom stereocenters. The molecule has 29 heavy (non-hydrogen) atoms. The summed E-state index contributed by atoms with van der Waals surface area (Å²) in [5, 5.41) is 4.18. The van der Waals surface area contributed by atoms with E-state index < -0.39 is 0 Å². The van der Waals surface area contributed by atoms with Gasteiger partial charge in [0.2, 0.25) is 0 Å². The number of carbonyl (C=O) groups excluding carboxylic acids is 2. The zero-order chi connectivity index (χ0) is 20.0. The molecule has 154 valence electrons. The third-order valence-corrected chi connectivity index (χ3v) is 8.05. The Morgan fingerprint density at radius 2 is 1.86 bits per heavy atom. The molecule has 4 saturated heterocycles. The van der Waals surface area contributed by atoms with Gasteiger partial charge in [-0.25, -0.2) is 0 Å². The normalized spacial score (nSPS) is 29.2. The van der Waals surface area contributed by atoms with Crippen LogP contribution < -0.4 is 5.32 Å². The van der Waals surface area contributed by atoms with Crippen LogP contribution in [0.4, 0.5) is 0 Å². The van der Waals surface area contributed by atoms with Crippen molar-refractivity contribution in [1.29, 1.82) is 0 Å². The Labute approximate surface area is 175 Å². The van der Waals surface area contributed by atoms with E-state index in [1.165, 1.54) is 17.8 Å². The van der Waals surface area contributed by atoms with Crippen molar-refractivity contribution >= 4 is 33.2 Å². The van der Waals surface area contributed by atoms with Crippen LogP contribution in [0.3, 0.4) is 0 Å². The van der Waals surface area contributed by atoms with Gasteiger partial charge in [-0.3, -0.25) is 19.5 Å². The van der Waals surface area contributed by atoms with E-state index in [1.54, 1.807) is 6.20 Å². The van der Waals surface area contributed by atoms with Gasteiger partial charge in [0, 0.05) is 41.5 Å². The van der Waals surface area contributed by atoms with Gasteiger partial charge in [0.25, 0.3) is 11.8 Å². The summed E-state index contributed by atoms with van der Waals surface area (Å²) in [6.07, 6.45) is 7.43. The van der Waals surface area contributed by atoms with Crippen molar-refractivity contribution in [3.05, 3.63) is 28.9 Å². The summed E-state index contributed by atoms with van der Waals surface area (Å²) in [5.41, 5.74) is 0.444. The molecule has 2 amide bonds. The Bertz CT molecular complexity index is 926. The number of nitrogens with one attached hydrogen (secondary N) is 1. The molecule has 7 heteroatoms. The van der Waals surface area contributed by atoms with Crippen molar-refractivity contribution in [3.8, 4) is 0 Å². The second-order valence-corrected chi connectivity index (χ2v) is 9.77. The number of aromatic nitrogens is 1. The minimum absolute atomic E-state index is 0.102. The van der Waals surface area contributed by atoms with Gasteiger partial charge in [-0.1, -0.05) is 0 Å². The Kier molecular flexibility index (Phi) is 5.04. The van der Waals surface area contributed by atoms with Gasteiger partial charge in [-0.15, -0.1) is 11.3 Å². The zero-order valence-electron chi connectivity index (χ0n) is 16.9. The second-order valence-electron chi connectivity index (χ2n) is 8.68. The maximum atomic E-state index is 12.9. The first kappa shape index (κ1) is 19.0. The van der Waals surface area contributed by atoms with E-state index >= 15 is 0 Å². The van der Waals surface area contributed by atoms with Crippen LogP contribution in [0.25, 0.3) is 10.1 Å². The number of nitrogens with zero attached hydrogens (tertiary/aromatic N) is 3. The summed E-state index contributed by atoms with van der Waals surface area (Å²) in [7, 11) is 0. The van der Waals surface area contributed by atoms with E-state index in [-0.39, 0.29) is 17.9 Å². The fourth-order valence-electron chi connectivity index (χ4n) is 5.19. The molecule has 0 saturated carbocycles. The summed E-state index contributed by atoms with van der Waals surface area (Å²) >= 11 is 1.47. The molecule has 1 N–H and O–H groups in total. The molecule has 0 radical (unpaired) electrons. The summed E-state index contributed by atoms with van der Waals surface area (Å²) in [6, 6.07) is 4.34. The fraction of sp³-hybridized carbons (Fsp3) is 0.591. The number of hydrogen-bond acceptors (Lipinski definition) is 5. The number of carbonyl (C=O) groups is 2. The van der Waals surface area contributed by atoms with Crippen LogP contribution in [-0.2, 0) is 0 Å². The molecular weight excluding hydrogens is 384 g/mol. The molecule has 6 heterocycles. The Morgan fingerprint density at radius 1 is 1.10 bits per heavy atom. The molecule has 0 aromatic carbocycles. The minimum atomic E-state index is -0.102. The van der Waals surface area contributed by atoms with E-state index in [9.17, 15) is 9.59 Å². The molecule has 4 aliphatic heterocycles. The molecule has 0 spiro atoms. The Balaban J connectivity index is 1.33. The molecule has 0 aliphatic carbocycles. The number of rotatable bonds is 3. The Morgan fingerprint density at radius 3 is 2.59 bits per heavy atom. The highest BCUT2D eigenvalue weighted by molar-refractivity contribution is 7.20. The van der Waals surface area contributed by atoms with Gasteiger partial charge in [0.05, 0.1) is 4.88 Å². The van der Waals surface area contributed by atoms with Gasteiger partial charge >= 0.3 is 0 Å². The number of likely N-dealkylation sites (tertiary alicyclic amines) is 1. The summed E-state index contributed by atoms with van der Waals surface area (Å²) in [5.74, 6) is 0.575. The lowest BCUT2D eigenvalue weighted by atomic mass is 9.79. The number of pyridine rings is 1. The molecular formula is C22H28N4O2S. The number of hydrogen-bond donors (Lipinski definition) is 1. The van der Waals surface area contributed by atoms with Crippen LogP contribution >= 0.6 is 11.3 Å². The zero-order valence-corrected chi connectivity index (χ0v) is 17.7. The molecule has 6 nitrogen and oxygen atoms in total. The van der Waals surface area contributed by atoms with Crippen LogP contribution in [0.15, 0.2) is 18.3 Å². The lowest BCUT2D eigenvalue weighted by molar-refractivity contribution is 0.0216. The minimum Gasteiger partial charge on any atom is -0.346 e. The van der Waals surface area contributed by atoms with Crippen LogP contribution in [0.1, 0.15) is 59.2 Å². The quantitative estimate of drug-likeness (QED) is 0.841. The molecule has 2 bridgehead atoms. The van der Waals surface area contributed by atoms with Crippen molar-refractivity contribution in [3.63, 3.8) is 0 Å². The Hall–Kier alpha value is -1.99. The van der Waals surface area contributed by atoms with Gasteiger partial charge in [0.15, 0.2) is 0 Å². The highest BCUT2D eigenvalue weighted by Crippen LogP contribution is 2.32. The summed E-state index contributed by atoms with van der Waals surface area (Å²) in [4.78, 5) is 35.3. The van der Waals surface area contributed by atoms with Crippen LogP contribution in [0.5, 0.6) is 0 Å². The molecule has 2 aromatic rings. The van der Waals surface area contributed by atoms with Crippen LogP contribution in [0, 0.1) is 5.92 Å². The van der Waals surface area contributed by atoms with Crippen molar-refractivity contribution < 1.29 is 9.59 Å². The monoisotopic (exact) mass is 412 g/mol. The average Bonchev–Trinajstić information content (AvgIpc) is 3.20. The summed E-state index contributed by atoms with van der Waals surface area (Å²) in [6.45, 7) is 6.19. The lowest BCUT2D eigenvalue weighted by Crippen LogP contribution is -2.62. The second kappa shape index (κ2) is 7.69. The number of fused-ring (bicyclic) bond motifs is 4. The number of thiophene rings is 1. The highest BCUT2D eigenvalue weighted by Gasteiger charge is 2.40. The van der Waals surface area contributed by atoms with Crippen molar-refractivity contribution in [2.24, 2.45) is 5.92 Å². The predicted octanol–water partition coefficient (Wildman–Crippen LogP) is 3.13. The van der Waals surface area contributed by atoms with Gasteiger partial charge in [-0.2, -0.15) is 0 Å². The maximum Gasteiger partial charge on any atom is 0.270 e. The van der Waals surface area contributed by atoms with E-state index in [2.05, 4.69) is 22.1 Å². The van der Waals surface area contributed by atoms with Crippen molar-refractivity contribution in [2.45, 2.75) is 51.1 Å².